The Hall–Kier alpha value is -1.30. The predicted molar refractivity (Wildman–Crippen MR) is 66.5 cm³/mol. The lowest BCUT2D eigenvalue weighted by atomic mass is 9.80. The molecule has 0 aliphatic heterocycles. The Labute approximate surface area is 107 Å². The molecule has 1 rings (SSSR count). The fraction of sp³-hybridized carbons (Fsp3) is 0.833. The molecular formula is C12H22N2O4. The molecule has 0 spiro atoms. The van der Waals surface area contributed by atoms with Gasteiger partial charge < -0.3 is 20.5 Å². The number of ether oxygens (including phenoxy) is 1. The first-order valence-electron chi connectivity index (χ1n) is 6.37. The quantitative estimate of drug-likeness (QED) is 0.569. The number of carbonyl (C=O) groups excluding carboxylic acids is 1. The van der Waals surface area contributed by atoms with Gasteiger partial charge in [-0.15, -0.1) is 0 Å². The second-order valence-electron chi connectivity index (χ2n) is 4.70. The van der Waals surface area contributed by atoms with Gasteiger partial charge in [-0.1, -0.05) is 0 Å². The SMILES string of the molecule is COC1(CNC(=O)NCCCCC(=O)O)CCC1. The van der Waals surface area contributed by atoms with E-state index in [0.717, 1.165) is 19.3 Å². The van der Waals surface area contributed by atoms with Crippen molar-refractivity contribution in [2.45, 2.75) is 44.1 Å². The minimum Gasteiger partial charge on any atom is -0.481 e. The van der Waals surface area contributed by atoms with Crippen LogP contribution < -0.4 is 10.6 Å². The minimum atomic E-state index is -0.800. The van der Waals surface area contributed by atoms with Crippen LogP contribution in [0.5, 0.6) is 0 Å². The van der Waals surface area contributed by atoms with E-state index in [4.69, 9.17) is 9.84 Å². The van der Waals surface area contributed by atoms with Crippen molar-refractivity contribution in [1.29, 1.82) is 0 Å². The van der Waals surface area contributed by atoms with Gasteiger partial charge in [-0.05, 0) is 32.1 Å². The molecule has 0 aromatic heterocycles. The van der Waals surface area contributed by atoms with Gasteiger partial charge in [0, 0.05) is 26.6 Å². The highest BCUT2D eigenvalue weighted by atomic mass is 16.5. The fourth-order valence-corrected chi connectivity index (χ4v) is 1.93. The molecule has 0 atom stereocenters. The molecule has 104 valence electrons. The number of carboxylic acid groups (broad SMARTS) is 1. The second kappa shape index (κ2) is 7.20. The van der Waals surface area contributed by atoms with Crippen LogP contribution in [-0.2, 0) is 9.53 Å². The average molecular weight is 258 g/mol. The molecule has 3 N–H and O–H groups in total. The Balaban J connectivity index is 2.02. The largest absolute Gasteiger partial charge is 0.481 e. The average Bonchev–Trinajstić information content (AvgIpc) is 2.27. The number of hydrogen-bond acceptors (Lipinski definition) is 3. The molecule has 1 fully saturated rings. The van der Waals surface area contributed by atoms with Gasteiger partial charge in [0.25, 0.3) is 0 Å². The third kappa shape index (κ3) is 4.91. The lowest BCUT2D eigenvalue weighted by Gasteiger charge is -2.40. The monoisotopic (exact) mass is 258 g/mol. The molecule has 0 unspecified atom stereocenters. The number of rotatable bonds is 8. The Morgan fingerprint density at radius 1 is 1.28 bits per heavy atom. The smallest absolute Gasteiger partial charge is 0.314 e. The number of hydrogen-bond donors (Lipinski definition) is 3. The summed E-state index contributed by atoms with van der Waals surface area (Å²) in [6.07, 6.45) is 4.53. The van der Waals surface area contributed by atoms with Crippen molar-refractivity contribution < 1.29 is 19.4 Å². The van der Waals surface area contributed by atoms with Gasteiger partial charge in [0.05, 0.1) is 5.60 Å². The lowest BCUT2D eigenvalue weighted by molar-refractivity contribution is -0.137. The van der Waals surface area contributed by atoms with Gasteiger partial charge in [-0.2, -0.15) is 0 Å². The summed E-state index contributed by atoms with van der Waals surface area (Å²) >= 11 is 0. The minimum absolute atomic E-state index is 0.149. The summed E-state index contributed by atoms with van der Waals surface area (Å²) in [5, 5.41) is 13.9. The van der Waals surface area contributed by atoms with Crippen LogP contribution in [0, 0.1) is 0 Å². The summed E-state index contributed by atoms with van der Waals surface area (Å²) < 4.78 is 5.39. The molecule has 6 nitrogen and oxygen atoms in total. The fourth-order valence-electron chi connectivity index (χ4n) is 1.93. The van der Waals surface area contributed by atoms with Gasteiger partial charge in [0.2, 0.25) is 0 Å². The van der Waals surface area contributed by atoms with Crippen molar-refractivity contribution in [2.24, 2.45) is 0 Å². The Kier molecular flexibility index (Phi) is 5.91. The first kappa shape index (κ1) is 14.8. The molecule has 2 amide bonds. The van der Waals surface area contributed by atoms with Gasteiger partial charge in [0.1, 0.15) is 0 Å². The molecule has 18 heavy (non-hydrogen) atoms. The van der Waals surface area contributed by atoms with Gasteiger partial charge in [0.15, 0.2) is 0 Å². The number of nitrogens with one attached hydrogen (secondary N) is 2. The normalized spacial score (nSPS) is 16.7. The van der Waals surface area contributed by atoms with Gasteiger partial charge in [-0.3, -0.25) is 4.79 Å². The van der Waals surface area contributed by atoms with E-state index in [1.807, 2.05) is 0 Å². The zero-order valence-corrected chi connectivity index (χ0v) is 10.8. The molecule has 1 aliphatic rings. The molecule has 0 aromatic rings. The van der Waals surface area contributed by atoms with E-state index in [1.165, 1.54) is 0 Å². The Bertz CT molecular complexity index is 284. The second-order valence-corrected chi connectivity index (χ2v) is 4.70. The molecule has 0 bridgehead atoms. The number of carboxylic acids is 1. The van der Waals surface area contributed by atoms with Crippen LogP contribution in [0.15, 0.2) is 0 Å². The summed E-state index contributed by atoms with van der Waals surface area (Å²) in [5.41, 5.74) is -0.166. The first-order valence-corrected chi connectivity index (χ1v) is 6.37. The number of aliphatic carboxylic acids is 1. The number of unbranched alkanes of at least 4 members (excludes halogenated alkanes) is 1. The number of methoxy groups -OCH3 is 1. The van der Waals surface area contributed by atoms with E-state index in [-0.39, 0.29) is 18.1 Å². The van der Waals surface area contributed by atoms with E-state index in [0.29, 0.717) is 25.9 Å². The van der Waals surface area contributed by atoms with Crippen LogP contribution in [0.3, 0.4) is 0 Å². The zero-order valence-electron chi connectivity index (χ0n) is 10.8. The van der Waals surface area contributed by atoms with Crippen LogP contribution in [-0.4, -0.2) is 42.9 Å². The summed E-state index contributed by atoms with van der Waals surface area (Å²) in [7, 11) is 1.67. The predicted octanol–water partition coefficient (Wildman–Crippen LogP) is 1.11. The molecule has 6 heteroatoms. The third-order valence-corrected chi connectivity index (χ3v) is 3.37. The van der Waals surface area contributed by atoms with Crippen molar-refractivity contribution in [2.75, 3.05) is 20.2 Å². The van der Waals surface area contributed by atoms with Crippen molar-refractivity contribution in [1.82, 2.24) is 10.6 Å². The summed E-state index contributed by atoms with van der Waals surface area (Å²) in [6, 6.07) is -0.214. The number of amides is 2. The van der Waals surface area contributed by atoms with Crippen molar-refractivity contribution in [3.8, 4) is 0 Å². The number of urea groups is 1. The third-order valence-electron chi connectivity index (χ3n) is 3.37. The first-order chi connectivity index (χ1) is 8.58. The molecule has 1 aliphatic carbocycles. The Morgan fingerprint density at radius 2 is 2.00 bits per heavy atom. The molecule has 0 radical (unpaired) electrons. The van der Waals surface area contributed by atoms with Crippen molar-refractivity contribution in [3.05, 3.63) is 0 Å². The summed E-state index contributed by atoms with van der Waals surface area (Å²) in [6.45, 7) is 1.03. The summed E-state index contributed by atoms with van der Waals surface area (Å²) in [5.74, 6) is -0.800. The molecular weight excluding hydrogens is 236 g/mol. The van der Waals surface area contributed by atoms with E-state index in [1.54, 1.807) is 7.11 Å². The summed E-state index contributed by atoms with van der Waals surface area (Å²) in [4.78, 5) is 21.7. The molecule has 0 saturated heterocycles. The maximum Gasteiger partial charge on any atom is 0.314 e. The molecule has 0 heterocycles. The van der Waals surface area contributed by atoms with E-state index in [9.17, 15) is 9.59 Å². The van der Waals surface area contributed by atoms with Gasteiger partial charge >= 0.3 is 12.0 Å². The zero-order chi connectivity index (χ0) is 13.4. The highest BCUT2D eigenvalue weighted by Gasteiger charge is 2.37. The highest BCUT2D eigenvalue weighted by molar-refractivity contribution is 5.73. The van der Waals surface area contributed by atoms with Gasteiger partial charge in [-0.25, -0.2) is 4.79 Å². The van der Waals surface area contributed by atoms with E-state index < -0.39 is 5.97 Å². The maximum absolute atomic E-state index is 11.4. The van der Waals surface area contributed by atoms with Crippen molar-refractivity contribution in [3.63, 3.8) is 0 Å². The van der Waals surface area contributed by atoms with Crippen LogP contribution in [0.25, 0.3) is 0 Å². The van der Waals surface area contributed by atoms with Crippen LogP contribution >= 0.6 is 0 Å². The van der Waals surface area contributed by atoms with Crippen molar-refractivity contribution >= 4 is 12.0 Å². The highest BCUT2D eigenvalue weighted by Crippen LogP contribution is 2.34. The topological polar surface area (TPSA) is 87.7 Å². The standard InChI is InChI=1S/C12H22N2O4/c1-18-12(6-4-7-12)9-14-11(17)13-8-3-2-5-10(15)16/h2-9H2,1H3,(H,15,16)(H2,13,14,17). The maximum atomic E-state index is 11.4. The van der Waals surface area contributed by atoms with E-state index in [2.05, 4.69) is 10.6 Å². The van der Waals surface area contributed by atoms with Crippen LogP contribution in [0.4, 0.5) is 4.79 Å². The van der Waals surface area contributed by atoms with E-state index >= 15 is 0 Å². The van der Waals surface area contributed by atoms with Crippen LogP contribution in [0.1, 0.15) is 38.5 Å². The molecule has 0 aromatic carbocycles. The lowest BCUT2D eigenvalue weighted by Crippen LogP contribution is -2.51. The Morgan fingerprint density at radius 3 is 2.50 bits per heavy atom. The number of carbonyl (C=O) groups is 2. The molecule has 1 saturated carbocycles. The van der Waals surface area contributed by atoms with Crippen LogP contribution in [0.2, 0.25) is 0 Å².